The zero-order valence-corrected chi connectivity index (χ0v) is 9.67. The van der Waals surface area contributed by atoms with Gasteiger partial charge in [-0.15, -0.1) is 0 Å². The second kappa shape index (κ2) is 6.12. The third kappa shape index (κ3) is 3.24. The van der Waals surface area contributed by atoms with Crippen molar-refractivity contribution in [1.82, 2.24) is 5.32 Å². The van der Waals surface area contributed by atoms with E-state index in [9.17, 15) is 9.59 Å². The van der Waals surface area contributed by atoms with Crippen LogP contribution < -0.4 is 10.6 Å². The second-order valence-electron chi connectivity index (χ2n) is 3.21. The maximum absolute atomic E-state index is 11.6. The summed E-state index contributed by atoms with van der Waals surface area (Å²) in [5.41, 5.74) is 0.971. The zero-order chi connectivity index (χ0) is 12.0. The van der Waals surface area contributed by atoms with Gasteiger partial charge < -0.3 is 10.6 Å². The van der Waals surface area contributed by atoms with E-state index in [2.05, 4.69) is 10.6 Å². The molecule has 0 atom stereocenters. The Labute approximate surface area is 99.0 Å². The van der Waals surface area contributed by atoms with Gasteiger partial charge in [-0.3, -0.25) is 9.59 Å². The molecule has 0 bridgehead atoms. The minimum atomic E-state index is -0.204. The fourth-order valence-electron chi connectivity index (χ4n) is 1.19. The molecule has 0 aliphatic heterocycles. The Bertz CT molecular complexity index is 394. The molecule has 0 spiro atoms. The molecule has 5 heteroatoms. The van der Waals surface area contributed by atoms with E-state index >= 15 is 0 Å². The maximum atomic E-state index is 11.6. The lowest BCUT2D eigenvalue weighted by atomic mass is 10.2. The summed E-state index contributed by atoms with van der Waals surface area (Å²) in [6.45, 7) is 2.59. The maximum Gasteiger partial charge on any atom is 0.252 e. The molecule has 0 saturated heterocycles. The topological polar surface area (TPSA) is 58.2 Å². The summed E-state index contributed by atoms with van der Waals surface area (Å²) >= 11 is 5.92. The van der Waals surface area contributed by atoms with Crippen LogP contribution in [0, 0.1) is 0 Å². The lowest BCUT2D eigenvalue weighted by Crippen LogP contribution is -2.24. The molecule has 0 heterocycles. The van der Waals surface area contributed by atoms with E-state index in [-0.39, 0.29) is 5.91 Å². The SMILES string of the molecule is CCCNC(=O)c1ccc(NC=O)cc1Cl. The molecular weight excluding hydrogens is 228 g/mol. The molecule has 0 saturated carbocycles. The number of carbonyl (C=O) groups is 2. The van der Waals surface area contributed by atoms with Gasteiger partial charge in [0.05, 0.1) is 10.6 Å². The van der Waals surface area contributed by atoms with Gasteiger partial charge in [0, 0.05) is 12.2 Å². The van der Waals surface area contributed by atoms with Gasteiger partial charge >= 0.3 is 0 Å². The number of benzene rings is 1. The molecule has 1 rings (SSSR count). The Morgan fingerprint density at radius 1 is 1.50 bits per heavy atom. The Kier molecular flexibility index (Phi) is 4.79. The second-order valence-corrected chi connectivity index (χ2v) is 3.62. The van der Waals surface area contributed by atoms with Crippen molar-refractivity contribution >= 4 is 29.6 Å². The third-order valence-corrected chi connectivity index (χ3v) is 2.29. The van der Waals surface area contributed by atoms with E-state index in [0.29, 0.717) is 29.2 Å². The summed E-state index contributed by atoms with van der Waals surface area (Å²) in [5.74, 6) is -0.204. The van der Waals surface area contributed by atoms with Gasteiger partial charge in [-0.05, 0) is 24.6 Å². The molecule has 16 heavy (non-hydrogen) atoms. The highest BCUT2D eigenvalue weighted by Crippen LogP contribution is 2.20. The number of rotatable bonds is 5. The van der Waals surface area contributed by atoms with E-state index in [4.69, 9.17) is 11.6 Å². The van der Waals surface area contributed by atoms with E-state index in [0.717, 1.165) is 6.42 Å². The molecule has 0 radical (unpaired) electrons. The Morgan fingerprint density at radius 3 is 2.81 bits per heavy atom. The Hall–Kier alpha value is -1.55. The predicted octanol–water partition coefficient (Wildman–Crippen LogP) is 2.05. The molecule has 1 aromatic rings. The van der Waals surface area contributed by atoms with Crippen LogP contribution in [-0.2, 0) is 4.79 Å². The van der Waals surface area contributed by atoms with Crippen LogP contribution in [0.15, 0.2) is 18.2 Å². The van der Waals surface area contributed by atoms with Crippen LogP contribution in [0.5, 0.6) is 0 Å². The number of amides is 2. The quantitative estimate of drug-likeness (QED) is 0.774. The van der Waals surface area contributed by atoms with Crippen molar-refractivity contribution in [3.63, 3.8) is 0 Å². The average molecular weight is 241 g/mol. The number of hydrogen-bond donors (Lipinski definition) is 2. The highest BCUT2D eigenvalue weighted by atomic mass is 35.5. The van der Waals surface area contributed by atoms with E-state index in [1.165, 1.54) is 6.07 Å². The van der Waals surface area contributed by atoms with Gasteiger partial charge in [-0.2, -0.15) is 0 Å². The highest BCUT2D eigenvalue weighted by molar-refractivity contribution is 6.34. The summed E-state index contributed by atoms with van der Waals surface area (Å²) < 4.78 is 0. The van der Waals surface area contributed by atoms with E-state index in [1.54, 1.807) is 12.1 Å². The van der Waals surface area contributed by atoms with Crippen molar-refractivity contribution in [2.75, 3.05) is 11.9 Å². The summed E-state index contributed by atoms with van der Waals surface area (Å²) in [5, 5.41) is 5.51. The first-order chi connectivity index (χ1) is 7.69. The van der Waals surface area contributed by atoms with Crippen molar-refractivity contribution in [1.29, 1.82) is 0 Å². The van der Waals surface area contributed by atoms with Crippen LogP contribution in [0.25, 0.3) is 0 Å². The van der Waals surface area contributed by atoms with Gasteiger partial charge in [0.2, 0.25) is 6.41 Å². The molecule has 0 aliphatic rings. The molecule has 1 aromatic carbocycles. The summed E-state index contributed by atoms with van der Waals surface area (Å²) in [6, 6.07) is 4.75. The summed E-state index contributed by atoms with van der Waals surface area (Å²) in [6.07, 6.45) is 1.43. The Morgan fingerprint density at radius 2 is 2.25 bits per heavy atom. The van der Waals surface area contributed by atoms with Gasteiger partial charge in [-0.1, -0.05) is 18.5 Å². The predicted molar refractivity (Wildman–Crippen MR) is 63.8 cm³/mol. The molecule has 86 valence electrons. The highest BCUT2D eigenvalue weighted by Gasteiger charge is 2.09. The first-order valence-electron chi connectivity index (χ1n) is 4.97. The zero-order valence-electron chi connectivity index (χ0n) is 8.92. The molecule has 0 unspecified atom stereocenters. The van der Waals surface area contributed by atoms with Crippen molar-refractivity contribution in [3.8, 4) is 0 Å². The van der Waals surface area contributed by atoms with Gasteiger partial charge in [0.1, 0.15) is 0 Å². The van der Waals surface area contributed by atoms with Crippen LogP contribution in [0.1, 0.15) is 23.7 Å². The van der Waals surface area contributed by atoms with Crippen LogP contribution >= 0.6 is 11.6 Å². The third-order valence-electron chi connectivity index (χ3n) is 1.97. The minimum Gasteiger partial charge on any atom is -0.352 e. The lowest BCUT2D eigenvalue weighted by molar-refractivity contribution is -0.105. The standard InChI is InChI=1S/C11H13ClN2O2/c1-2-5-13-11(16)9-4-3-8(14-7-15)6-10(9)12/h3-4,6-7H,2,5H2,1H3,(H,13,16)(H,14,15). The van der Waals surface area contributed by atoms with Gasteiger partial charge in [0.15, 0.2) is 0 Å². The number of halogens is 1. The van der Waals surface area contributed by atoms with Crippen molar-refractivity contribution in [3.05, 3.63) is 28.8 Å². The minimum absolute atomic E-state index is 0.204. The molecule has 2 N–H and O–H groups in total. The fourth-order valence-corrected chi connectivity index (χ4v) is 1.46. The van der Waals surface area contributed by atoms with Crippen molar-refractivity contribution in [2.24, 2.45) is 0 Å². The number of carbonyl (C=O) groups excluding carboxylic acids is 2. The molecule has 0 fully saturated rings. The van der Waals surface area contributed by atoms with Gasteiger partial charge in [0.25, 0.3) is 5.91 Å². The van der Waals surface area contributed by atoms with Gasteiger partial charge in [-0.25, -0.2) is 0 Å². The molecule has 0 aromatic heterocycles. The normalized spacial score (nSPS) is 9.62. The van der Waals surface area contributed by atoms with E-state index < -0.39 is 0 Å². The van der Waals surface area contributed by atoms with E-state index in [1.807, 2.05) is 6.92 Å². The lowest BCUT2D eigenvalue weighted by Gasteiger charge is -2.06. The average Bonchev–Trinajstić information content (AvgIpc) is 2.26. The Balaban J connectivity index is 2.81. The summed E-state index contributed by atoms with van der Waals surface area (Å²) in [4.78, 5) is 21.8. The fraction of sp³-hybridized carbons (Fsp3) is 0.273. The summed E-state index contributed by atoms with van der Waals surface area (Å²) in [7, 11) is 0. The number of anilines is 1. The molecule has 2 amide bonds. The molecule has 4 nitrogen and oxygen atoms in total. The number of hydrogen-bond acceptors (Lipinski definition) is 2. The van der Waals surface area contributed by atoms with Crippen LogP contribution in [-0.4, -0.2) is 18.9 Å². The number of nitrogens with one attached hydrogen (secondary N) is 2. The first-order valence-corrected chi connectivity index (χ1v) is 5.34. The molecule has 0 aliphatic carbocycles. The monoisotopic (exact) mass is 240 g/mol. The molecular formula is C11H13ClN2O2. The largest absolute Gasteiger partial charge is 0.352 e. The smallest absolute Gasteiger partial charge is 0.252 e. The van der Waals surface area contributed by atoms with Crippen LogP contribution in [0.2, 0.25) is 5.02 Å². The van der Waals surface area contributed by atoms with Crippen molar-refractivity contribution < 1.29 is 9.59 Å². The first kappa shape index (κ1) is 12.5. The van der Waals surface area contributed by atoms with Crippen LogP contribution in [0.3, 0.4) is 0 Å². The van der Waals surface area contributed by atoms with Crippen LogP contribution in [0.4, 0.5) is 5.69 Å². The van der Waals surface area contributed by atoms with Crippen molar-refractivity contribution in [2.45, 2.75) is 13.3 Å².